The molecule has 0 bridgehead atoms. The second-order valence-corrected chi connectivity index (χ2v) is 2.82. The number of aliphatic hydroxyl groups is 1. The summed E-state index contributed by atoms with van der Waals surface area (Å²) in [6, 6.07) is 0. The highest BCUT2D eigenvalue weighted by atomic mass is 32.1. The Balaban J connectivity index is 2.89. The molecule has 0 fully saturated rings. The number of rotatable bonds is 6. The fourth-order valence-electron chi connectivity index (χ4n) is 0.771. The molecule has 0 aliphatic carbocycles. The first kappa shape index (κ1) is 10.3. The summed E-state index contributed by atoms with van der Waals surface area (Å²) >= 11 is 4.09. The van der Waals surface area contributed by atoms with Crippen LogP contribution in [0.3, 0.4) is 0 Å². The van der Waals surface area contributed by atoms with Gasteiger partial charge in [0.05, 0.1) is 0 Å². The van der Waals surface area contributed by atoms with Gasteiger partial charge in [-0.2, -0.15) is 12.6 Å². The summed E-state index contributed by atoms with van der Waals surface area (Å²) in [5.41, 5.74) is 0. The van der Waals surface area contributed by atoms with Gasteiger partial charge in [-0.15, -0.1) is 0 Å². The zero-order valence-electron chi connectivity index (χ0n) is 6.51. The van der Waals surface area contributed by atoms with E-state index in [4.69, 9.17) is 5.11 Å². The number of nitrogens with one attached hydrogen (secondary N) is 1. The van der Waals surface area contributed by atoms with E-state index < -0.39 is 0 Å². The molecule has 0 heterocycles. The predicted molar refractivity (Wildman–Crippen MR) is 47.4 cm³/mol. The Morgan fingerprint density at radius 2 is 2.10 bits per heavy atom. The van der Waals surface area contributed by atoms with Crippen LogP contribution in [0.1, 0.15) is 25.7 Å². The molecular formula is C7H17NOS. The van der Waals surface area contributed by atoms with Crippen LogP contribution in [0.5, 0.6) is 0 Å². The smallest absolute Gasteiger partial charge is 0.104 e. The molecule has 0 saturated heterocycles. The SMILES string of the molecule is CNC(O)CCCCCS. The van der Waals surface area contributed by atoms with Crippen LogP contribution >= 0.6 is 12.6 Å². The number of hydrogen-bond donors (Lipinski definition) is 3. The van der Waals surface area contributed by atoms with Crippen LogP contribution in [0.15, 0.2) is 0 Å². The van der Waals surface area contributed by atoms with Gasteiger partial charge < -0.3 is 5.11 Å². The monoisotopic (exact) mass is 163 g/mol. The molecule has 0 aromatic rings. The molecule has 3 heteroatoms. The first-order valence-electron chi connectivity index (χ1n) is 3.77. The lowest BCUT2D eigenvalue weighted by molar-refractivity contribution is 0.134. The third-order valence-corrected chi connectivity index (χ3v) is 1.79. The van der Waals surface area contributed by atoms with Gasteiger partial charge in [-0.1, -0.05) is 6.42 Å². The quantitative estimate of drug-likeness (QED) is 0.310. The van der Waals surface area contributed by atoms with E-state index in [1.54, 1.807) is 7.05 Å². The van der Waals surface area contributed by atoms with Crippen molar-refractivity contribution in [3.63, 3.8) is 0 Å². The lowest BCUT2D eigenvalue weighted by Gasteiger charge is -2.07. The fourth-order valence-corrected chi connectivity index (χ4v) is 0.994. The normalized spacial score (nSPS) is 13.5. The van der Waals surface area contributed by atoms with E-state index in [1.165, 1.54) is 6.42 Å². The molecule has 0 aromatic carbocycles. The summed E-state index contributed by atoms with van der Waals surface area (Å²) in [6.07, 6.45) is 3.94. The van der Waals surface area contributed by atoms with Gasteiger partial charge in [0.25, 0.3) is 0 Å². The molecule has 0 spiro atoms. The lowest BCUT2D eigenvalue weighted by Crippen LogP contribution is -2.23. The Morgan fingerprint density at radius 1 is 1.40 bits per heavy atom. The van der Waals surface area contributed by atoms with Crippen molar-refractivity contribution < 1.29 is 5.11 Å². The minimum atomic E-state index is -0.320. The van der Waals surface area contributed by atoms with Crippen LogP contribution in [-0.2, 0) is 0 Å². The topological polar surface area (TPSA) is 32.3 Å². The Labute approximate surface area is 68.4 Å². The summed E-state index contributed by atoms with van der Waals surface area (Å²) in [5.74, 6) is 0.954. The Morgan fingerprint density at radius 3 is 2.60 bits per heavy atom. The van der Waals surface area contributed by atoms with Crippen molar-refractivity contribution in [1.82, 2.24) is 5.32 Å². The molecule has 0 saturated carbocycles. The van der Waals surface area contributed by atoms with Crippen LogP contribution < -0.4 is 5.32 Å². The van der Waals surface area contributed by atoms with Crippen LogP contribution in [0.2, 0.25) is 0 Å². The van der Waals surface area contributed by atoms with Gasteiger partial charge in [0.15, 0.2) is 0 Å². The Bertz CT molecular complexity index is 70.6. The van der Waals surface area contributed by atoms with Crippen molar-refractivity contribution in [3.05, 3.63) is 0 Å². The van der Waals surface area contributed by atoms with Gasteiger partial charge in [0.2, 0.25) is 0 Å². The van der Waals surface area contributed by atoms with Crippen molar-refractivity contribution in [3.8, 4) is 0 Å². The molecule has 0 aliphatic rings. The van der Waals surface area contributed by atoms with Crippen molar-refractivity contribution in [2.75, 3.05) is 12.8 Å². The van der Waals surface area contributed by atoms with Crippen molar-refractivity contribution in [2.24, 2.45) is 0 Å². The standard InChI is InChI=1S/C7H17NOS/c1-8-7(9)5-3-2-4-6-10/h7-10H,2-6H2,1H3. The Hall–Kier alpha value is 0.270. The van der Waals surface area contributed by atoms with E-state index in [1.807, 2.05) is 0 Å². The molecule has 0 rings (SSSR count). The van der Waals surface area contributed by atoms with Crippen LogP contribution in [0, 0.1) is 0 Å². The van der Waals surface area contributed by atoms with Gasteiger partial charge in [-0.25, -0.2) is 0 Å². The van der Waals surface area contributed by atoms with E-state index in [9.17, 15) is 0 Å². The largest absolute Gasteiger partial charge is 0.379 e. The molecule has 2 N–H and O–H groups in total. The maximum Gasteiger partial charge on any atom is 0.104 e. The number of hydrogen-bond acceptors (Lipinski definition) is 3. The number of unbranched alkanes of at least 4 members (excludes halogenated alkanes) is 2. The van der Waals surface area contributed by atoms with Gasteiger partial charge in [-0.05, 0) is 32.1 Å². The van der Waals surface area contributed by atoms with Gasteiger partial charge >= 0.3 is 0 Å². The summed E-state index contributed by atoms with van der Waals surface area (Å²) < 4.78 is 0. The third kappa shape index (κ3) is 6.39. The van der Waals surface area contributed by atoms with Gasteiger partial charge in [-0.3, -0.25) is 5.32 Å². The lowest BCUT2D eigenvalue weighted by atomic mass is 10.2. The second-order valence-electron chi connectivity index (χ2n) is 2.38. The first-order chi connectivity index (χ1) is 4.81. The van der Waals surface area contributed by atoms with Crippen molar-refractivity contribution >= 4 is 12.6 Å². The molecule has 2 nitrogen and oxygen atoms in total. The molecule has 0 aliphatic heterocycles. The van der Waals surface area contributed by atoms with Gasteiger partial charge in [0, 0.05) is 0 Å². The van der Waals surface area contributed by atoms with Crippen LogP contribution in [-0.4, -0.2) is 24.1 Å². The zero-order chi connectivity index (χ0) is 7.82. The summed E-state index contributed by atoms with van der Waals surface area (Å²) in [7, 11) is 1.77. The highest BCUT2D eigenvalue weighted by molar-refractivity contribution is 7.80. The highest BCUT2D eigenvalue weighted by Crippen LogP contribution is 2.02. The summed E-state index contributed by atoms with van der Waals surface area (Å²) in [4.78, 5) is 0. The zero-order valence-corrected chi connectivity index (χ0v) is 7.40. The van der Waals surface area contributed by atoms with E-state index in [2.05, 4.69) is 17.9 Å². The van der Waals surface area contributed by atoms with E-state index in [-0.39, 0.29) is 6.23 Å². The molecule has 0 amide bonds. The second kappa shape index (κ2) is 7.38. The predicted octanol–water partition coefficient (Wildman–Crippen LogP) is 1.01. The average Bonchev–Trinajstić information content (AvgIpc) is 1.98. The van der Waals surface area contributed by atoms with E-state index in [0.29, 0.717) is 0 Å². The molecule has 62 valence electrons. The third-order valence-electron chi connectivity index (χ3n) is 1.47. The summed E-state index contributed by atoms with van der Waals surface area (Å²) in [6.45, 7) is 0. The average molecular weight is 163 g/mol. The van der Waals surface area contributed by atoms with Crippen molar-refractivity contribution in [2.45, 2.75) is 31.9 Å². The maximum absolute atomic E-state index is 9.03. The Kier molecular flexibility index (Phi) is 7.58. The maximum atomic E-state index is 9.03. The summed E-state index contributed by atoms with van der Waals surface area (Å²) in [5, 5.41) is 11.8. The molecule has 0 aromatic heterocycles. The molecule has 0 radical (unpaired) electrons. The fraction of sp³-hybridized carbons (Fsp3) is 1.00. The number of aliphatic hydroxyl groups excluding tert-OH is 1. The van der Waals surface area contributed by atoms with Crippen LogP contribution in [0.25, 0.3) is 0 Å². The minimum Gasteiger partial charge on any atom is -0.379 e. The van der Waals surface area contributed by atoms with Crippen molar-refractivity contribution in [1.29, 1.82) is 0 Å². The molecular weight excluding hydrogens is 146 g/mol. The van der Waals surface area contributed by atoms with E-state index >= 15 is 0 Å². The highest BCUT2D eigenvalue weighted by Gasteiger charge is 1.97. The minimum absolute atomic E-state index is 0.320. The number of thiol groups is 1. The van der Waals surface area contributed by atoms with E-state index in [0.717, 1.165) is 25.0 Å². The van der Waals surface area contributed by atoms with Gasteiger partial charge in [0.1, 0.15) is 6.23 Å². The molecule has 1 unspecified atom stereocenters. The first-order valence-corrected chi connectivity index (χ1v) is 4.40. The van der Waals surface area contributed by atoms with Crippen LogP contribution in [0.4, 0.5) is 0 Å². The molecule has 10 heavy (non-hydrogen) atoms. The molecule has 1 atom stereocenters.